The lowest BCUT2D eigenvalue weighted by molar-refractivity contribution is -0.133. The fourth-order valence-corrected chi connectivity index (χ4v) is 1.73. The Morgan fingerprint density at radius 2 is 2.11 bits per heavy atom. The van der Waals surface area contributed by atoms with Gasteiger partial charge < -0.3 is 14.4 Å². The van der Waals surface area contributed by atoms with E-state index in [0.29, 0.717) is 5.75 Å². The first-order valence-corrected chi connectivity index (χ1v) is 6.47. The van der Waals surface area contributed by atoms with Crippen molar-refractivity contribution < 1.29 is 14.3 Å². The van der Waals surface area contributed by atoms with Crippen molar-refractivity contribution in [1.82, 2.24) is 4.90 Å². The summed E-state index contributed by atoms with van der Waals surface area (Å²) < 4.78 is 11.3. The summed E-state index contributed by atoms with van der Waals surface area (Å²) in [6.07, 6.45) is 0. The van der Waals surface area contributed by atoms with E-state index in [1.807, 2.05) is 13.8 Å². The van der Waals surface area contributed by atoms with E-state index in [1.54, 1.807) is 37.3 Å². The van der Waals surface area contributed by atoms with E-state index in [4.69, 9.17) is 9.47 Å². The summed E-state index contributed by atoms with van der Waals surface area (Å²) in [4.78, 5) is 13.4. The van der Waals surface area contributed by atoms with Gasteiger partial charge in [0, 0.05) is 13.1 Å². The van der Waals surface area contributed by atoms with Crippen LogP contribution < -0.4 is 9.47 Å². The fraction of sp³-hybridized carbons (Fsp3) is 0.462. The van der Waals surface area contributed by atoms with Crippen LogP contribution in [0.1, 0.15) is 13.8 Å². The van der Waals surface area contributed by atoms with Crippen LogP contribution in [0.4, 0.5) is 0 Å². The summed E-state index contributed by atoms with van der Waals surface area (Å²) in [5.41, 5.74) is 0. The highest BCUT2D eigenvalue weighted by Gasteiger charge is 2.13. The SMILES string of the molecule is COc1ccc(OCC(=O)N(C)C(C)C)c(Br)c1. The molecule has 0 aliphatic heterocycles. The number of halogens is 1. The largest absolute Gasteiger partial charge is 0.497 e. The topological polar surface area (TPSA) is 38.8 Å². The van der Waals surface area contributed by atoms with Crippen LogP contribution in [-0.4, -0.2) is 37.6 Å². The lowest BCUT2D eigenvalue weighted by atomic mass is 10.3. The Labute approximate surface area is 116 Å². The number of carbonyl (C=O) groups excluding carboxylic acids is 1. The molecular formula is C13H18BrNO3. The third-order valence-electron chi connectivity index (χ3n) is 2.66. The van der Waals surface area contributed by atoms with Gasteiger partial charge in [-0.25, -0.2) is 0 Å². The molecule has 0 atom stereocenters. The molecule has 1 amide bonds. The standard InChI is InChI=1S/C13H18BrNO3/c1-9(2)15(3)13(16)8-18-12-6-5-10(17-4)7-11(12)14/h5-7,9H,8H2,1-4H3. The van der Waals surface area contributed by atoms with Crippen molar-refractivity contribution >= 4 is 21.8 Å². The Morgan fingerprint density at radius 3 is 2.61 bits per heavy atom. The zero-order chi connectivity index (χ0) is 13.7. The number of hydrogen-bond acceptors (Lipinski definition) is 3. The third kappa shape index (κ3) is 3.91. The number of carbonyl (C=O) groups is 1. The minimum absolute atomic E-state index is 0.0274. The molecule has 1 rings (SSSR count). The quantitative estimate of drug-likeness (QED) is 0.838. The molecule has 0 fully saturated rings. The van der Waals surface area contributed by atoms with Crippen LogP contribution in [0.3, 0.4) is 0 Å². The Hall–Kier alpha value is -1.23. The monoisotopic (exact) mass is 315 g/mol. The van der Waals surface area contributed by atoms with Crippen molar-refractivity contribution in [1.29, 1.82) is 0 Å². The van der Waals surface area contributed by atoms with Crippen molar-refractivity contribution in [3.63, 3.8) is 0 Å². The number of likely N-dealkylation sites (N-methyl/N-ethyl adjacent to an activating group) is 1. The van der Waals surface area contributed by atoms with Gasteiger partial charge in [0.1, 0.15) is 11.5 Å². The molecule has 0 aliphatic rings. The molecule has 0 radical (unpaired) electrons. The van der Waals surface area contributed by atoms with E-state index in [9.17, 15) is 4.79 Å². The molecule has 0 saturated heterocycles. The molecule has 0 spiro atoms. The van der Waals surface area contributed by atoms with Gasteiger partial charge in [-0.1, -0.05) is 0 Å². The molecule has 0 unspecified atom stereocenters. The summed E-state index contributed by atoms with van der Waals surface area (Å²) in [5, 5.41) is 0. The molecule has 0 N–H and O–H groups in total. The Bertz CT molecular complexity index is 421. The van der Waals surface area contributed by atoms with Gasteiger partial charge in [0.25, 0.3) is 5.91 Å². The zero-order valence-electron chi connectivity index (χ0n) is 11.1. The van der Waals surface area contributed by atoms with Crippen LogP contribution in [-0.2, 0) is 4.79 Å². The Kier molecular flexibility index (Phi) is 5.47. The van der Waals surface area contributed by atoms with Crippen molar-refractivity contribution in [3.8, 4) is 11.5 Å². The Balaban J connectivity index is 2.61. The molecule has 0 bridgehead atoms. The van der Waals surface area contributed by atoms with Crippen LogP contribution in [0, 0.1) is 0 Å². The second-order valence-electron chi connectivity index (χ2n) is 4.18. The number of rotatable bonds is 5. The minimum Gasteiger partial charge on any atom is -0.497 e. The maximum atomic E-state index is 11.8. The molecule has 18 heavy (non-hydrogen) atoms. The molecule has 4 nitrogen and oxygen atoms in total. The molecule has 1 aromatic carbocycles. The minimum atomic E-state index is -0.0484. The molecule has 0 heterocycles. The van der Waals surface area contributed by atoms with Crippen LogP contribution >= 0.6 is 15.9 Å². The van der Waals surface area contributed by atoms with E-state index in [1.165, 1.54) is 0 Å². The lowest BCUT2D eigenvalue weighted by Crippen LogP contribution is -2.36. The van der Waals surface area contributed by atoms with Crippen molar-refractivity contribution in [2.24, 2.45) is 0 Å². The summed E-state index contributed by atoms with van der Waals surface area (Å²) in [5.74, 6) is 1.31. The second kappa shape index (κ2) is 6.64. The van der Waals surface area contributed by atoms with Crippen LogP contribution in [0.5, 0.6) is 11.5 Å². The van der Waals surface area contributed by atoms with Crippen LogP contribution in [0.15, 0.2) is 22.7 Å². The highest BCUT2D eigenvalue weighted by atomic mass is 79.9. The summed E-state index contributed by atoms with van der Waals surface area (Å²) >= 11 is 3.37. The first kappa shape index (κ1) is 14.8. The van der Waals surface area contributed by atoms with E-state index >= 15 is 0 Å². The first-order valence-electron chi connectivity index (χ1n) is 5.67. The summed E-state index contributed by atoms with van der Waals surface area (Å²) in [7, 11) is 3.36. The fourth-order valence-electron chi connectivity index (χ4n) is 1.25. The van der Waals surface area contributed by atoms with Crippen LogP contribution in [0.25, 0.3) is 0 Å². The van der Waals surface area contributed by atoms with Crippen molar-refractivity contribution in [2.75, 3.05) is 20.8 Å². The number of ether oxygens (including phenoxy) is 2. The molecular weight excluding hydrogens is 298 g/mol. The van der Waals surface area contributed by atoms with Gasteiger partial charge in [-0.15, -0.1) is 0 Å². The van der Waals surface area contributed by atoms with E-state index in [-0.39, 0.29) is 18.6 Å². The summed E-state index contributed by atoms with van der Waals surface area (Å²) in [6.45, 7) is 3.95. The number of benzene rings is 1. The molecule has 5 heteroatoms. The predicted molar refractivity (Wildman–Crippen MR) is 74.1 cm³/mol. The third-order valence-corrected chi connectivity index (χ3v) is 3.28. The maximum absolute atomic E-state index is 11.8. The number of amides is 1. The van der Waals surface area contributed by atoms with Gasteiger partial charge in [0.15, 0.2) is 6.61 Å². The van der Waals surface area contributed by atoms with Crippen molar-refractivity contribution in [2.45, 2.75) is 19.9 Å². The van der Waals surface area contributed by atoms with E-state index in [0.717, 1.165) is 10.2 Å². The van der Waals surface area contributed by atoms with E-state index < -0.39 is 0 Å². The first-order chi connectivity index (χ1) is 8.45. The molecule has 1 aromatic rings. The van der Waals surface area contributed by atoms with Gasteiger partial charge >= 0.3 is 0 Å². The molecule has 0 aliphatic carbocycles. The van der Waals surface area contributed by atoms with Gasteiger partial charge in [0.05, 0.1) is 11.6 Å². The number of hydrogen-bond donors (Lipinski definition) is 0. The molecule has 0 aromatic heterocycles. The molecule has 0 saturated carbocycles. The second-order valence-corrected chi connectivity index (χ2v) is 5.04. The maximum Gasteiger partial charge on any atom is 0.260 e. The Morgan fingerprint density at radius 1 is 1.44 bits per heavy atom. The summed E-state index contributed by atoms with van der Waals surface area (Å²) in [6, 6.07) is 5.52. The van der Waals surface area contributed by atoms with Gasteiger partial charge in [-0.2, -0.15) is 0 Å². The van der Waals surface area contributed by atoms with E-state index in [2.05, 4.69) is 15.9 Å². The van der Waals surface area contributed by atoms with Gasteiger partial charge in [-0.3, -0.25) is 4.79 Å². The molecule has 100 valence electrons. The van der Waals surface area contributed by atoms with Gasteiger partial charge in [-0.05, 0) is 48.0 Å². The highest BCUT2D eigenvalue weighted by molar-refractivity contribution is 9.10. The average Bonchev–Trinajstić information content (AvgIpc) is 2.35. The normalized spacial score (nSPS) is 10.3. The number of nitrogens with zero attached hydrogens (tertiary/aromatic N) is 1. The average molecular weight is 316 g/mol. The lowest BCUT2D eigenvalue weighted by Gasteiger charge is -2.21. The van der Waals surface area contributed by atoms with Gasteiger partial charge in [0.2, 0.25) is 0 Å². The number of methoxy groups -OCH3 is 1. The smallest absolute Gasteiger partial charge is 0.260 e. The van der Waals surface area contributed by atoms with Crippen molar-refractivity contribution in [3.05, 3.63) is 22.7 Å². The zero-order valence-corrected chi connectivity index (χ0v) is 12.7. The van der Waals surface area contributed by atoms with Crippen LogP contribution in [0.2, 0.25) is 0 Å². The predicted octanol–water partition coefficient (Wildman–Crippen LogP) is 2.70. The highest BCUT2D eigenvalue weighted by Crippen LogP contribution is 2.29.